The number of hydrogen-bond donors (Lipinski definition) is 2. The molecule has 0 saturated carbocycles. The van der Waals surface area contributed by atoms with Gasteiger partial charge in [-0.05, 0) is 72.9 Å². The van der Waals surface area contributed by atoms with Gasteiger partial charge in [0.2, 0.25) is 0 Å². The van der Waals surface area contributed by atoms with Gasteiger partial charge in [0.15, 0.2) is 0 Å². The molecule has 0 bridgehead atoms. The van der Waals surface area contributed by atoms with E-state index in [1.54, 1.807) is 24.3 Å². The molecule has 3 aromatic rings. The normalized spacial score (nSPS) is 11.6. The summed E-state index contributed by atoms with van der Waals surface area (Å²) in [4.78, 5) is 0. The van der Waals surface area contributed by atoms with Crippen molar-refractivity contribution >= 4 is 10.1 Å². The van der Waals surface area contributed by atoms with Crippen LogP contribution in [0.1, 0.15) is 36.5 Å². The minimum absolute atomic E-state index is 0. The third kappa shape index (κ3) is 6.73. The Morgan fingerprint density at radius 2 is 1.19 bits per heavy atom. The number of unbranched alkanes of at least 4 members (excludes halogenated alkanes) is 1. The predicted octanol–water partition coefficient (Wildman–Crippen LogP) is 1.16. The largest absolute Gasteiger partial charge is 1.00 e. The van der Waals surface area contributed by atoms with E-state index in [1.165, 1.54) is 0 Å². The Balaban J connectivity index is 0.00000363. The molecule has 0 aliphatic rings. The van der Waals surface area contributed by atoms with Crippen LogP contribution >= 0.6 is 0 Å². The average molecular weight is 465 g/mol. The van der Waals surface area contributed by atoms with Gasteiger partial charge in [0.1, 0.15) is 17.2 Å². The number of benzene rings is 3. The van der Waals surface area contributed by atoms with Gasteiger partial charge in [-0.2, -0.15) is 0 Å². The molecule has 0 aromatic heterocycles. The van der Waals surface area contributed by atoms with E-state index < -0.39 is 15.5 Å². The van der Waals surface area contributed by atoms with Crippen molar-refractivity contribution in [1.82, 2.24) is 0 Å². The zero-order valence-corrected chi connectivity index (χ0v) is 21.0. The molecule has 6 nitrogen and oxygen atoms in total. The van der Waals surface area contributed by atoms with Crippen LogP contribution < -0.4 is 34.3 Å². The number of phenols is 2. The van der Waals surface area contributed by atoms with Crippen molar-refractivity contribution < 1.29 is 57.5 Å². The number of aromatic hydroxyl groups is 2. The quantitative estimate of drug-likeness (QED) is 0.213. The molecular formula is C24H25NaO6S. The minimum atomic E-state index is -4.19. The zero-order chi connectivity index (χ0) is 22.5. The van der Waals surface area contributed by atoms with Crippen molar-refractivity contribution in [3.8, 4) is 17.2 Å². The van der Waals surface area contributed by atoms with E-state index >= 15 is 0 Å². The first-order valence-electron chi connectivity index (χ1n) is 9.94. The molecule has 0 fully saturated rings. The molecule has 3 rings (SSSR count). The molecule has 0 spiro atoms. The first-order chi connectivity index (χ1) is 14.7. The molecule has 0 unspecified atom stereocenters. The zero-order valence-electron chi connectivity index (χ0n) is 18.2. The second-order valence-electron chi connectivity index (χ2n) is 7.56. The van der Waals surface area contributed by atoms with Crippen LogP contribution in [-0.2, 0) is 15.5 Å². The second kappa shape index (κ2) is 11.2. The summed E-state index contributed by atoms with van der Waals surface area (Å²) in [5.41, 5.74) is 2.41. The molecule has 0 atom stereocenters. The van der Waals surface area contributed by atoms with Crippen molar-refractivity contribution in [3.05, 3.63) is 89.5 Å². The first-order valence-corrected chi connectivity index (χ1v) is 11.5. The summed E-state index contributed by atoms with van der Waals surface area (Å²) in [5.74, 6) is 0.635. The second-order valence-corrected chi connectivity index (χ2v) is 9.08. The molecule has 164 valence electrons. The Morgan fingerprint density at radius 3 is 1.59 bits per heavy atom. The maximum Gasteiger partial charge on any atom is 1.00 e. The Labute approximate surface area is 210 Å². The van der Waals surface area contributed by atoms with Gasteiger partial charge < -0.3 is 19.5 Å². The van der Waals surface area contributed by atoms with Crippen LogP contribution in [0.3, 0.4) is 0 Å². The standard InChI is InChI=1S/C24H26O6S.Na/c1-24(18-4-10-21(25)11-5-18,19-6-12-22(26)13-7-19)20-8-14-23(15-9-20)30-16-2-3-17-31(27,28)29;/h4-15,25-26H,2-3,16-17H2,1H3,(H,27,28,29);/q;+1/p-1. The SMILES string of the molecule is CC(c1ccc(O)cc1)(c1ccc(O)cc1)c1ccc(OCCCCS(=O)(=O)[O-])cc1.[Na+]. The fraction of sp³-hybridized carbons (Fsp3) is 0.250. The van der Waals surface area contributed by atoms with Crippen LogP contribution in [0.15, 0.2) is 72.8 Å². The van der Waals surface area contributed by atoms with E-state index in [4.69, 9.17) is 4.74 Å². The Hall–Kier alpha value is -2.03. The fourth-order valence-corrected chi connectivity index (χ4v) is 4.10. The Morgan fingerprint density at radius 1 is 0.781 bits per heavy atom. The van der Waals surface area contributed by atoms with Crippen molar-refractivity contribution in [2.45, 2.75) is 25.2 Å². The molecule has 0 heterocycles. The van der Waals surface area contributed by atoms with Crippen LogP contribution in [0, 0.1) is 0 Å². The van der Waals surface area contributed by atoms with Gasteiger partial charge >= 0.3 is 29.6 Å². The Kier molecular flexibility index (Phi) is 9.18. The van der Waals surface area contributed by atoms with Crippen LogP contribution in [0.4, 0.5) is 0 Å². The first kappa shape index (κ1) is 26.2. The molecule has 0 radical (unpaired) electrons. The Bertz CT molecular complexity index is 1050. The summed E-state index contributed by atoms with van der Waals surface area (Å²) in [7, 11) is -4.19. The molecule has 3 aromatic carbocycles. The van der Waals surface area contributed by atoms with Crippen LogP contribution in [-0.4, -0.2) is 35.5 Å². The fourth-order valence-electron chi connectivity index (χ4n) is 3.54. The van der Waals surface area contributed by atoms with E-state index in [0.717, 1.165) is 16.7 Å². The molecule has 2 N–H and O–H groups in total. The molecule has 0 amide bonds. The van der Waals surface area contributed by atoms with Crippen LogP contribution in [0.5, 0.6) is 17.2 Å². The van der Waals surface area contributed by atoms with Gasteiger partial charge in [-0.25, -0.2) is 8.42 Å². The predicted molar refractivity (Wildman–Crippen MR) is 118 cm³/mol. The molecule has 0 aliphatic heterocycles. The number of ether oxygens (including phenoxy) is 1. The third-order valence-corrected chi connectivity index (χ3v) is 6.17. The molecule has 0 saturated heterocycles. The summed E-state index contributed by atoms with van der Waals surface area (Å²) < 4.78 is 37.6. The van der Waals surface area contributed by atoms with Crippen molar-refractivity contribution in [2.24, 2.45) is 0 Å². The maximum absolute atomic E-state index is 10.6. The summed E-state index contributed by atoms with van der Waals surface area (Å²) in [6.45, 7) is 2.40. The van der Waals surface area contributed by atoms with Crippen LogP contribution in [0.2, 0.25) is 0 Å². The topological polar surface area (TPSA) is 107 Å². The smallest absolute Gasteiger partial charge is 0.748 e. The van der Waals surface area contributed by atoms with Crippen molar-refractivity contribution in [3.63, 3.8) is 0 Å². The van der Waals surface area contributed by atoms with E-state index in [9.17, 15) is 23.2 Å². The van der Waals surface area contributed by atoms with Gasteiger partial charge in [0, 0.05) is 11.2 Å². The third-order valence-electron chi connectivity index (χ3n) is 5.38. The van der Waals surface area contributed by atoms with Gasteiger partial charge in [-0.3, -0.25) is 0 Å². The molecule has 0 aliphatic carbocycles. The summed E-state index contributed by atoms with van der Waals surface area (Å²) in [6, 6.07) is 21.7. The number of hydrogen-bond acceptors (Lipinski definition) is 6. The molecule has 8 heteroatoms. The summed E-state index contributed by atoms with van der Waals surface area (Å²) in [6.07, 6.45) is 0.742. The van der Waals surface area contributed by atoms with Gasteiger partial charge in [0.25, 0.3) is 0 Å². The van der Waals surface area contributed by atoms with Gasteiger partial charge in [-0.15, -0.1) is 0 Å². The van der Waals surface area contributed by atoms with Crippen molar-refractivity contribution in [2.75, 3.05) is 12.4 Å². The molecule has 32 heavy (non-hydrogen) atoms. The monoisotopic (exact) mass is 464 g/mol. The van der Waals surface area contributed by atoms with E-state index in [1.807, 2.05) is 48.5 Å². The van der Waals surface area contributed by atoms with Gasteiger partial charge in [-0.1, -0.05) is 36.4 Å². The number of rotatable bonds is 9. The van der Waals surface area contributed by atoms with Crippen molar-refractivity contribution in [1.29, 1.82) is 0 Å². The van der Waals surface area contributed by atoms with E-state index in [0.29, 0.717) is 18.8 Å². The van der Waals surface area contributed by atoms with Gasteiger partial charge in [0.05, 0.1) is 16.7 Å². The molecular weight excluding hydrogens is 439 g/mol. The van der Waals surface area contributed by atoms with Crippen LogP contribution in [0.25, 0.3) is 0 Å². The summed E-state index contributed by atoms with van der Waals surface area (Å²) in [5, 5.41) is 19.4. The number of phenolic OH excluding ortho intramolecular Hbond substituents is 2. The van der Waals surface area contributed by atoms with E-state index in [-0.39, 0.29) is 53.2 Å². The average Bonchev–Trinajstić information content (AvgIpc) is 2.73. The maximum atomic E-state index is 10.6. The minimum Gasteiger partial charge on any atom is -0.748 e. The van der Waals surface area contributed by atoms with E-state index in [2.05, 4.69) is 6.92 Å². The summed E-state index contributed by atoms with van der Waals surface area (Å²) >= 11 is 0.